The summed E-state index contributed by atoms with van der Waals surface area (Å²) in [7, 11) is 1.55. The molecule has 0 radical (unpaired) electrons. The Morgan fingerprint density at radius 1 is 1.32 bits per heavy atom. The van der Waals surface area contributed by atoms with E-state index in [2.05, 4.69) is 4.90 Å². The van der Waals surface area contributed by atoms with Crippen molar-refractivity contribution in [2.45, 2.75) is 76.4 Å². The molecule has 3 atom stereocenters. The van der Waals surface area contributed by atoms with Crippen LogP contribution in [0, 0.1) is 11.2 Å². The SMILES string of the molecule is COc1cc2c(c(F)c1OCC13COC(C1)C3)CCN1C[C@@H](OC(C)(C)C)[C@H](O)C[C@H]21. The van der Waals surface area contributed by atoms with Crippen LogP contribution in [0.1, 0.15) is 57.2 Å². The maximum absolute atomic E-state index is 15.6. The average Bonchev–Trinajstić information content (AvgIpc) is 3.27. The number of nitrogens with zero attached hydrogens (tertiary/aromatic N) is 1. The van der Waals surface area contributed by atoms with Crippen LogP contribution in [-0.2, 0) is 15.9 Å². The van der Waals surface area contributed by atoms with Crippen molar-refractivity contribution in [2.75, 3.05) is 33.4 Å². The standard InChI is InChI=1S/C24H34FNO5/c1-23(2,3)31-20-11-26-6-5-15-16(17(26)8-18(20)27)7-19(28-4)22(21(15)25)30-13-24-9-14(10-24)29-12-24/h7,14,17-18,20,27H,5-6,8-13H2,1-4H3/t14?,17-,18-,20-,24?/m1/s1. The second kappa shape index (κ2) is 7.58. The molecule has 1 aliphatic carbocycles. The Morgan fingerprint density at radius 3 is 2.74 bits per heavy atom. The number of halogens is 1. The number of methoxy groups -OCH3 is 1. The lowest BCUT2D eigenvalue weighted by atomic mass is 9.71. The molecule has 1 aromatic rings. The van der Waals surface area contributed by atoms with Crippen molar-refractivity contribution in [2.24, 2.45) is 5.41 Å². The molecule has 4 aliphatic heterocycles. The van der Waals surface area contributed by atoms with Gasteiger partial charge in [0.2, 0.25) is 0 Å². The third-order valence-corrected chi connectivity index (χ3v) is 7.27. The first kappa shape index (κ1) is 21.4. The zero-order chi connectivity index (χ0) is 22.0. The molecule has 6 rings (SSSR count). The van der Waals surface area contributed by atoms with Gasteiger partial charge in [0, 0.05) is 24.5 Å². The molecule has 1 aromatic carbocycles. The molecular weight excluding hydrogens is 401 g/mol. The van der Waals surface area contributed by atoms with Crippen LogP contribution >= 0.6 is 0 Å². The van der Waals surface area contributed by atoms with E-state index in [0.29, 0.717) is 50.0 Å². The molecular formula is C24H34FNO5. The first-order valence-corrected chi connectivity index (χ1v) is 11.4. The molecule has 6 nitrogen and oxygen atoms in total. The predicted molar refractivity (Wildman–Crippen MR) is 113 cm³/mol. The van der Waals surface area contributed by atoms with E-state index in [1.165, 1.54) is 0 Å². The fourth-order valence-corrected chi connectivity index (χ4v) is 5.73. The molecule has 2 bridgehead atoms. The van der Waals surface area contributed by atoms with Gasteiger partial charge in [-0.25, -0.2) is 4.39 Å². The van der Waals surface area contributed by atoms with Gasteiger partial charge < -0.3 is 24.1 Å². The van der Waals surface area contributed by atoms with Crippen molar-refractivity contribution < 1.29 is 28.4 Å². The summed E-state index contributed by atoms with van der Waals surface area (Å²) in [5.41, 5.74) is 1.29. The summed E-state index contributed by atoms with van der Waals surface area (Å²) in [5, 5.41) is 10.8. The molecule has 7 heteroatoms. The van der Waals surface area contributed by atoms with E-state index in [0.717, 1.165) is 24.9 Å². The van der Waals surface area contributed by atoms with E-state index in [1.54, 1.807) is 7.11 Å². The van der Waals surface area contributed by atoms with Crippen LogP contribution in [0.25, 0.3) is 0 Å². The Hall–Kier alpha value is -1.41. The van der Waals surface area contributed by atoms with Crippen LogP contribution in [-0.4, -0.2) is 67.3 Å². The third-order valence-electron chi connectivity index (χ3n) is 7.27. The fraction of sp³-hybridized carbons (Fsp3) is 0.750. The zero-order valence-electron chi connectivity index (χ0n) is 18.9. The molecule has 172 valence electrons. The monoisotopic (exact) mass is 435 g/mol. The highest BCUT2D eigenvalue weighted by Crippen LogP contribution is 2.51. The molecule has 1 N–H and O–H groups in total. The van der Waals surface area contributed by atoms with Crippen molar-refractivity contribution in [3.8, 4) is 11.5 Å². The van der Waals surface area contributed by atoms with Gasteiger partial charge >= 0.3 is 0 Å². The molecule has 0 amide bonds. The lowest BCUT2D eigenvalue weighted by Crippen LogP contribution is -2.53. The van der Waals surface area contributed by atoms with Crippen LogP contribution in [0.15, 0.2) is 6.07 Å². The minimum absolute atomic E-state index is 0.0321. The number of aliphatic hydroxyl groups excluding tert-OH is 1. The van der Waals surface area contributed by atoms with Gasteiger partial charge in [0.25, 0.3) is 0 Å². The molecule has 0 spiro atoms. The highest BCUT2D eigenvalue weighted by molar-refractivity contribution is 5.51. The number of hydrogen-bond donors (Lipinski definition) is 1. The minimum atomic E-state index is -0.593. The molecule has 3 saturated heterocycles. The van der Waals surface area contributed by atoms with Gasteiger partial charge in [-0.15, -0.1) is 0 Å². The summed E-state index contributed by atoms with van der Waals surface area (Å²) in [6.45, 7) is 8.51. The van der Waals surface area contributed by atoms with Crippen molar-refractivity contribution in [3.05, 3.63) is 23.0 Å². The number of piperidine rings is 1. The van der Waals surface area contributed by atoms with Gasteiger partial charge in [-0.3, -0.25) is 4.90 Å². The maximum atomic E-state index is 15.6. The first-order valence-electron chi connectivity index (χ1n) is 11.4. The summed E-state index contributed by atoms with van der Waals surface area (Å²) in [5.74, 6) is 0.319. The number of rotatable bonds is 5. The highest BCUT2D eigenvalue weighted by atomic mass is 19.1. The lowest BCUT2D eigenvalue weighted by molar-refractivity contribution is -0.149. The van der Waals surface area contributed by atoms with E-state index < -0.39 is 6.10 Å². The first-order chi connectivity index (χ1) is 14.7. The van der Waals surface area contributed by atoms with Gasteiger partial charge in [-0.1, -0.05) is 0 Å². The van der Waals surface area contributed by atoms with Crippen molar-refractivity contribution in [1.29, 1.82) is 0 Å². The largest absolute Gasteiger partial charge is 0.493 e. The Labute approximate surface area is 183 Å². The van der Waals surface area contributed by atoms with Crippen LogP contribution in [0.2, 0.25) is 0 Å². The summed E-state index contributed by atoms with van der Waals surface area (Å²) < 4.78 is 38.9. The Balaban J connectivity index is 1.38. The minimum Gasteiger partial charge on any atom is -0.493 e. The molecule has 0 aromatic heterocycles. The van der Waals surface area contributed by atoms with E-state index in [-0.39, 0.29) is 34.7 Å². The Bertz CT molecular complexity index is 842. The number of benzene rings is 1. The number of fused-ring (bicyclic) bond motifs is 4. The topological polar surface area (TPSA) is 60.4 Å². The molecule has 5 aliphatic rings. The molecule has 0 unspecified atom stereocenters. The van der Waals surface area contributed by atoms with Crippen molar-refractivity contribution in [1.82, 2.24) is 4.90 Å². The third kappa shape index (κ3) is 3.84. The van der Waals surface area contributed by atoms with Crippen molar-refractivity contribution >= 4 is 0 Å². The van der Waals surface area contributed by atoms with Crippen LogP contribution in [0.5, 0.6) is 11.5 Å². The lowest BCUT2D eigenvalue weighted by Gasteiger charge is -2.47. The smallest absolute Gasteiger partial charge is 0.197 e. The van der Waals surface area contributed by atoms with Gasteiger partial charge in [0.05, 0.1) is 44.2 Å². The van der Waals surface area contributed by atoms with Gasteiger partial charge in [-0.2, -0.15) is 0 Å². The quantitative estimate of drug-likeness (QED) is 0.766. The fourth-order valence-electron chi connectivity index (χ4n) is 5.73. The summed E-state index contributed by atoms with van der Waals surface area (Å²) >= 11 is 0. The van der Waals surface area contributed by atoms with E-state index in [1.807, 2.05) is 26.8 Å². The predicted octanol–water partition coefficient (Wildman–Crippen LogP) is 3.24. The molecule has 4 fully saturated rings. The summed E-state index contributed by atoms with van der Waals surface area (Å²) in [6.07, 6.45) is 2.62. The maximum Gasteiger partial charge on any atom is 0.197 e. The van der Waals surface area contributed by atoms with Crippen LogP contribution in [0.4, 0.5) is 4.39 Å². The second-order valence-corrected chi connectivity index (χ2v) is 10.8. The number of ether oxygens (including phenoxy) is 4. The van der Waals surface area contributed by atoms with E-state index >= 15 is 4.39 Å². The molecule has 4 heterocycles. The highest BCUT2D eigenvalue weighted by Gasteiger charge is 2.52. The number of aliphatic hydroxyl groups is 1. The summed E-state index contributed by atoms with van der Waals surface area (Å²) in [4.78, 5) is 2.30. The normalized spacial score (nSPS) is 34.6. The second-order valence-electron chi connectivity index (χ2n) is 10.8. The van der Waals surface area contributed by atoms with Gasteiger partial charge in [0.15, 0.2) is 17.3 Å². The van der Waals surface area contributed by atoms with Crippen LogP contribution in [0.3, 0.4) is 0 Å². The Morgan fingerprint density at radius 2 is 2.10 bits per heavy atom. The Kier molecular flexibility index (Phi) is 5.24. The van der Waals surface area contributed by atoms with E-state index in [9.17, 15) is 5.11 Å². The number of hydrogen-bond acceptors (Lipinski definition) is 6. The van der Waals surface area contributed by atoms with Gasteiger partial charge in [-0.05, 0) is 63.6 Å². The van der Waals surface area contributed by atoms with Crippen LogP contribution < -0.4 is 9.47 Å². The molecule has 1 saturated carbocycles. The van der Waals surface area contributed by atoms with Crippen molar-refractivity contribution in [3.63, 3.8) is 0 Å². The average molecular weight is 436 g/mol. The van der Waals surface area contributed by atoms with Gasteiger partial charge in [0.1, 0.15) is 0 Å². The van der Waals surface area contributed by atoms with E-state index in [4.69, 9.17) is 18.9 Å². The summed E-state index contributed by atoms with van der Waals surface area (Å²) in [6, 6.07) is 1.86. The zero-order valence-corrected chi connectivity index (χ0v) is 18.9. The molecule has 31 heavy (non-hydrogen) atoms.